The monoisotopic (exact) mass is 265 g/mol. The van der Waals surface area contributed by atoms with Crippen LogP contribution < -0.4 is 0 Å². The number of oxime groups is 1. The van der Waals surface area contributed by atoms with E-state index in [1.54, 1.807) is 0 Å². The summed E-state index contributed by atoms with van der Waals surface area (Å²) in [5, 5.41) is 4.04. The van der Waals surface area contributed by atoms with E-state index in [0.717, 1.165) is 37.0 Å². The van der Waals surface area contributed by atoms with E-state index < -0.39 is 0 Å². The van der Waals surface area contributed by atoms with E-state index in [1.165, 1.54) is 16.7 Å². The summed E-state index contributed by atoms with van der Waals surface area (Å²) in [6.45, 7) is 0. The van der Waals surface area contributed by atoms with Crippen LogP contribution in [0.3, 0.4) is 0 Å². The molecule has 0 bridgehead atoms. The van der Waals surface area contributed by atoms with Crippen molar-refractivity contribution in [3.8, 4) is 0 Å². The molecule has 0 unspecified atom stereocenters. The lowest BCUT2D eigenvalue weighted by atomic mass is 9.67. The normalized spacial score (nSPS) is 34.2. The molecule has 0 aromatic heterocycles. The molecule has 4 aliphatic rings. The van der Waals surface area contributed by atoms with Crippen molar-refractivity contribution < 1.29 is 9.63 Å². The third kappa shape index (κ3) is 1.30. The summed E-state index contributed by atoms with van der Waals surface area (Å²) >= 11 is 0. The van der Waals surface area contributed by atoms with Gasteiger partial charge in [-0.2, -0.15) is 0 Å². The van der Waals surface area contributed by atoms with Crippen LogP contribution in [-0.2, 0) is 16.1 Å². The average Bonchev–Trinajstić information content (AvgIpc) is 3.16. The molecular formula is C17H15NO2. The van der Waals surface area contributed by atoms with E-state index in [9.17, 15) is 4.79 Å². The van der Waals surface area contributed by atoms with Crippen molar-refractivity contribution in [3.05, 3.63) is 46.5 Å². The van der Waals surface area contributed by atoms with Crippen LogP contribution in [0.25, 0.3) is 0 Å². The van der Waals surface area contributed by atoms with E-state index in [-0.39, 0.29) is 5.97 Å². The quantitative estimate of drug-likeness (QED) is 0.578. The first-order chi connectivity index (χ1) is 9.83. The fourth-order valence-electron chi connectivity index (χ4n) is 4.03. The molecule has 2 atom stereocenters. The van der Waals surface area contributed by atoms with Crippen LogP contribution in [0.2, 0.25) is 0 Å². The zero-order valence-electron chi connectivity index (χ0n) is 11.1. The molecule has 0 N–H and O–H groups in total. The Morgan fingerprint density at radius 1 is 1.10 bits per heavy atom. The number of carbonyl (C=O) groups is 1. The van der Waals surface area contributed by atoms with Crippen molar-refractivity contribution in [2.45, 2.75) is 31.6 Å². The summed E-state index contributed by atoms with van der Waals surface area (Å²) < 4.78 is 0. The number of benzene rings is 1. The number of nitrogens with zero attached hydrogens (tertiary/aromatic N) is 1. The zero-order valence-corrected chi connectivity index (χ0v) is 11.1. The second-order valence-corrected chi connectivity index (χ2v) is 6.35. The van der Waals surface area contributed by atoms with Crippen LogP contribution in [0, 0.1) is 11.8 Å². The van der Waals surface area contributed by atoms with Crippen molar-refractivity contribution in [1.82, 2.24) is 0 Å². The van der Waals surface area contributed by atoms with Gasteiger partial charge in [-0.15, -0.1) is 0 Å². The van der Waals surface area contributed by atoms with Gasteiger partial charge in [-0.05, 0) is 54.2 Å². The lowest BCUT2D eigenvalue weighted by Crippen LogP contribution is -2.28. The summed E-state index contributed by atoms with van der Waals surface area (Å²) in [6.07, 6.45) is 4.39. The maximum absolute atomic E-state index is 12.0. The number of allylic oxidation sites excluding steroid dienone is 1. The van der Waals surface area contributed by atoms with Crippen LogP contribution in [0.1, 0.15) is 36.3 Å². The fraction of sp³-hybridized carbons (Fsp3) is 0.412. The number of carbonyl (C=O) groups excluding carboxylic acids is 1. The third-order valence-electron chi connectivity index (χ3n) is 5.24. The first-order valence-electron chi connectivity index (χ1n) is 7.43. The SMILES string of the molecule is O=C1ON=C(C2CC2)/C1=C1/C[C@H]2c3ccccc3C[C@@H]12. The van der Waals surface area contributed by atoms with E-state index in [2.05, 4.69) is 29.4 Å². The molecule has 0 amide bonds. The van der Waals surface area contributed by atoms with Crippen LogP contribution in [0.4, 0.5) is 0 Å². The Bertz CT molecular complexity index is 697. The standard InChI is InChI=1S/C17H15NO2/c19-17-15(16(18-20-17)9-5-6-9)14-8-13-11-4-2-1-3-10(11)7-12(13)14/h1-4,9,12-13H,5-8H2/b15-14+/t12-,13+/m1/s1. The third-order valence-corrected chi connectivity index (χ3v) is 5.24. The van der Waals surface area contributed by atoms with Crippen LogP contribution >= 0.6 is 0 Å². The highest BCUT2D eigenvalue weighted by molar-refractivity contribution is 6.24. The maximum atomic E-state index is 12.0. The van der Waals surface area contributed by atoms with E-state index >= 15 is 0 Å². The summed E-state index contributed by atoms with van der Waals surface area (Å²) in [5.74, 6) is 1.39. The first-order valence-corrected chi connectivity index (χ1v) is 7.43. The Kier molecular flexibility index (Phi) is 1.95. The predicted octanol–water partition coefficient (Wildman–Crippen LogP) is 2.97. The lowest BCUT2D eigenvalue weighted by molar-refractivity contribution is -0.137. The molecule has 0 saturated heterocycles. The van der Waals surface area contributed by atoms with Gasteiger partial charge < -0.3 is 4.84 Å². The molecule has 1 heterocycles. The Labute approximate surface area is 117 Å². The summed E-state index contributed by atoms with van der Waals surface area (Å²) in [6, 6.07) is 8.69. The highest BCUT2D eigenvalue weighted by atomic mass is 16.7. The number of hydrogen-bond acceptors (Lipinski definition) is 3. The number of fused-ring (bicyclic) bond motifs is 3. The molecule has 3 heteroatoms. The number of rotatable bonds is 1. The first kappa shape index (κ1) is 10.8. The van der Waals surface area contributed by atoms with Crippen LogP contribution in [0.15, 0.2) is 40.6 Å². The van der Waals surface area contributed by atoms with Crippen molar-refractivity contribution in [3.63, 3.8) is 0 Å². The van der Waals surface area contributed by atoms with Gasteiger partial charge in [-0.3, -0.25) is 0 Å². The summed E-state index contributed by atoms with van der Waals surface area (Å²) in [7, 11) is 0. The smallest absolute Gasteiger partial charge is 0.312 e. The minimum atomic E-state index is -0.212. The maximum Gasteiger partial charge on any atom is 0.367 e. The second-order valence-electron chi connectivity index (χ2n) is 6.35. The molecule has 0 radical (unpaired) electrons. The zero-order chi connectivity index (χ0) is 13.3. The molecule has 2 fully saturated rings. The Morgan fingerprint density at radius 2 is 1.95 bits per heavy atom. The Balaban J connectivity index is 1.55. The molecule has 3 nitrogen and oxygen atoms in total. The fourth-order valence-corrected chi connectivity index (χ4v) is 4.03. The Hall–Kier alpha value is -1.90. The molecule has 0 spiro atoms. The van der Waals surface area contributed by atoms with Gasteiger partial charge in [0.1, 0.15) is 0 Å². The predicted molar refractivity (Wildman–Crippen MR) is 74.3 cm³/mol. The largest absolute Gasteiger partial charge is 0.367 e. The summed E-state index contributed by atoms with van der Waals surface area (Å²) in [5.41, 5.74) is 6.02. The van der Waals surface area contributed by atoms with E-state index in [4.69, 9.17) is 4.84 Å². The molecule has 20 heavy (non-hydrogen) atoms. The molecular weight excluding hydrogens is 250 g/mol. The summed E-state index contributed by atoms with van der Waals surface area (Å²) in [4.78, 5) is 17.0. The molecule has 1 aliphatic heterocycles. The van der Waals surface area contributed by atoms with Crippen molar-refractivity contribution in [2.75, 3.05) is 0 Å². The number of hydrogen-bond donors (Lipinski definition) is 0. The minimum absolute atomic E-state index is 0.212. The van der Waals surface area contributed by atoms with Gasteiger partial charge in [-0.25, -0.2) is 4.79 Å². The molecule has 5 rings (SSSR count). The van der Waals surface area contributed by atoms with Gasteiger partial charge >= 0.3 is 5.97 Å². The van der Waals surface area contributed by atoms with Gasteiger partial charge in [0.05, 0.1) is 11.3 Å². The van der Waals surface area contributed by atoms with Gasteiger partial charge in [-0.1, -0.05) is 29.4 Å². The molecule has 100 valence electrons. The van der Waals surface area contributed by atoms with Crippen LogP contribution in [0.5, 0.6) is 0 Å². The van der Waals surface area contributed by atoms with Gasteiger partial charge in [0.15, 0.2) is 0 Å². The van der Waals surface area contributed by atoms with Gasteiger partial charge in [0.2, 0.25) is 0 Å². The average molecular weight is 265 g/mol. The molecule has 1 aromatic carbocycles. The molecule has 1 aromatic rings. The molecule has 3 aliphatic carbocycles. The van der Waals surface area contributed by atoms with Gasteiger partial charge in [0.25, 0.3) is 0 Å². The highest BCUT2D eigenvalue weighted by Crippen LogP contribution is 2.56. The minimum Gasteiger partial charge on any atom is -0.312 e. The lowest BCUT2D eigenvalue weighted by Gasteiger charge is -2.36. The Morgan fingerprint density at radius 3 is 2.80 bits per heavy atom. The highest BCUT2D eigenvalue weighted by Gasteiger charge is 2.49. The second kappa shape index (κ2) is 3.60. The van der Waals surface area contributed by atoms with Gasteiger partial charge in [0, 0.05) is 5.92 Å². The van der Waals surface area contributed by atoms with Crippen molar-refractivity contribution >= 4 is 11.7 Å². The van der Waals surface area contributed by atoms with Crippen molar-refractivity contribution in [2.24, 2.45) is 17.0 Å². The van der Waals surface area contributed by atoms with Crippen LogP contribution in [-0.4, -0.2) is 11.7 Å². The van der Waals surface area contributed by atoms with Crippen molar-refractivity contribution in [1.29, 1.82) is 0 Å². The van der Waals surface area contributed by atoms with E-state index in [1.807, 2.05) is 0 Å². The topological polar surface area (TPSA) is 38.7 Å². The van der Waals surface area contributed by atoms with E-state index in [0.29, 0.717) is 17.8 Å². The molecule has 2 saturated carbocycles.